The van der Waals surface area contributed by atoms with Gasteiger partial charge in [0.2, 0.25) is 5.91 Å². The van der Waals surface area contributed by atoms with Crippen molar-refractivity contribution in [2.24, 2.45) is 0 Å². The average Bonchev–Trinajstić information content (AvgIpc) is 2.64. The molecule has 1 fully saturated rings. The zero-order valence-corrected chi connectivity index (χ0v) is 16.5. The Morgan fingerprint density at radius 3 is 2.59 bits per heavy atom. The molecule has 0 bridgehead atoms. The van der Waals surface area contributed by atoms with Crippen molar-refractivity contribution in [2.75, 3.05) is 31.6 Å². The summed E-state index contributed by atoms with van der Waals surface area (Å²) in [6, 6.07) is 7.77. The van der Waals surface area contributed by atoms with E-state index in [4.69, 9.17) is 9.47 Å². The van der Waals surface area contributed by atoms with E-state index in [1.165, 1.54) is 0 Å². The highest BCUT2D eigenvalue weighted by molar-refractivity contribution is 5.92. The number of hydrogen-bond acceptors (Lipinski definition) is 5. The minimum Gasteiger partial charge on any atom is -0.489 e. The Morgan fingerprint density at radius 2 is 1.93 bits per heavy atom. The van der Waals surface area contributed by atoms with Crippen LogP contribution in [0.2, 0.25) is 0 Å². The number of likely N-dealkylation sites (tertiary alicyclic amines) is 1. The van der Waals surface area contributed by atoms with Crippen LogP contribution >= 0.6 is 0 Å². The molecule has 0 spiro atoms. The van der Waals surface area contributed by atoms with Gasteiger partial charge in [0.15, 0.2) is 0 Å². The number of nitrogens with zero attached hydrogens (tertiary/aromatic N) is 1. The Kier molecular flexibility index (Phi) is 8.39. The molecule has 1 aliphatic heterocycles. The molecule has 0 atom stereocenters. The SMILES string of the molecule is CCOC(=O)N1CCC(NCCC(=O)Nc2ccccc2OC(C)C)CC1. The fraction of sp³-hybridized carbons (Fsp3) is 0.600. The largest absolute Gasteiger partial charge is 0.489 e. The molecule has 1 saturated heterocycles. The van der Waals surface area contributed by atoms with Gasteiger partial charge < -0.3 is 25.0 Å². The molecule has 1 aromatic rings. The maximum Gasteiger partial charge on any atom is 0.409 e. The number of rotatable bonds is 8. The standard InChI is InChI=1S/C20H31N3O4/c1-4-26-20(25)23-13-10-16(11-14-23)21-12-9-19(24)22-17-7-5-6-8-18(17)27-15(2)3/h5-8,15-16,21H,4,9-14H2,1-3H3,(H,22,24). The quantitative estimate of drug-likeness (QED) is 0.728. The van der Waals surface area contributed by atoms with Crippen molar-refractivity contribution in [1.82, 2.24) is 10.2 Å². The number of para-hydroxylation sites is 2. The molecular weight excluding hydrogens is 346 g/mol. The van der Waals surface area contributed by atoms with E-state index in [0.29, 0.717) is 50.1 Å². The molecule has 0 aromatic heterocycles. The van der Waals surface area contributed by atoms with Gasteiger partial charge in [-0.1, -0.05) is 12.1 Å². The molecule has 0 aliphatic carbocycles. The molecular formula is C20H31N3O4. The predicted molar refractivity (Wildman–Crippen MR) is 105 cm³/mol. The third-order valence-electron chi connectivity index (χ3n) is 4.33. The Balaban J connectivity index is 1.69. The van der Waals surface area contributed by atoms with Crippen LogP contribution in [-0.2, 0) is 9.53 Å². The lowest BCUT2D eigenvalue weighted by atomic mass is 10.1. The van der Waals surface area contributed by atoms with Gasteiger partial charge in [0, 0.05) is 32.1 Å². The van der Waals surface area contributed by atoms with Gasteiger partial charge in [-0.15, -0.1) is 0 Å². The van der Waals surface area contributed by atoms with Crippen LogP contribution in [0.15, 0.2) is 24.3 Å². The topological polar surface area (TPSA) is 79.9 Å². The van der Waals surface area contributed by atoms with Crippen LogP contribution in [-0.4, -0.2) is 55.3 Å². The molecule has 1 aromatic carbocycles. The third-order valence-corrected chi connectivity index (χ3v) is 4.33. The smallest absolute Gasteiger partial charge is 0.409 e. The summed E-state index contributed by atoms with van der Waals surface area (Å²) >= 11 is 0. The molecule has 27 heavy (non-hydrogen) atoms. The van der Waals surface area contributed by atoms with E-state index in [0.717, 1.165) is 12.8 Å². The average molecular weight is 377 g/mol. The van der Waals surface area contributed by atoms with Crippen molar-refractivity contribution in [3.63, 3.8) is 0 Å². The monoisotopic (exact) mass is 377 g/mol. The molecule has 1 aliphatic rings. The minimum absolute atomic E-state index is 0.0465. The minimum atomic E-state index is -0.238. The third kappa shape index (κ3) is 7.09. The van der Waals surface area contributed by atoms with E-state index in [2.05, 4.69) is 10.6 Å². The molecule has 0 unspecified atom stereocenters. The molecule has 2 rings (SSSR count). The molecule has 150 valence electrons. The van der Waals surface area contributed by atoms with Crippen molar-refractivity contribution in [3.05, 3.63) is 24.3 Å². The maximum atomic E-state index is 12.2. The summed E-state index contributed by atoms with van der Waals surface area (Å²) in [5.74, 6) is 0.631. The van der Waals surface area contributed by atoms with Crippen LogP contribution in [0, 0.1) is 0 Å². The fourth-order valence-electron chi connectivity index (χ4n) is 3.01. The van der Waals surface area contributed by atoms with Gasteiger partial charge >= 0.3 is 6.09 Å². The molecule has 7 nitrogen and oxygen atoms in total. The van der Waals surface area contributed by atoms with Gasteiger partial charge in [-0.25, -0.2) is 4.79 Å². The predicted octanol–water partition coefficient (Wildman–Crippen LogP) is 3.01. The highest BCUT2D eigenvalue weighted by atomic mass is 16.6. The first-order valence-corrected chi connectivity index (χ1v) is 9.70. The lowest BCUT2D eigenvalue weighted by Gasteiger charge is -2.31. The summed E-state index contributed by atoms with van der Waals surface area (Å²) in [6.07, 6.45) is 1.92. The number of anilines is 1. The molecule has 7 heteroatoms. The van der Waals surface area contributed by atoms with Crippen LogP contribution in [0.1, 0.15) is 40.0 Å². The number of hydrogen-bond donors (Lipinski definition) is 2. The van der Waals surface area contributed by atoms with Crippen LogP contribution in [0.4, 0.5) is 10.5 Å². The van der Waals surface area contributed by atoms with Crippen LogP contribution in [0.3, 0.4) is 0 Å². The number of piperidine rings is 1. The van der Waals surface area contributed by atoms with Crippen molar-refractivity contribution >= 4 is 17.7 Å². The van der Waals surface area contributed by atoms with Gasteiger partial charge in [-0.05, 0) is 45.7 Å². The number of amides is 2. The lowest BCUT2D eigenvalue weighted by molar-refractivity contribution is -0.116. The van der Waals surface area contributed by atoms with Crippen molar-refractivity contribution in [2.45, 2.75) is 52.2 Å². The Hall–Kier alpha value is -2.28. The van der Waals surface area contributed by atoms with Crippen LogP contribution in [0.5, 0.6) is 5.75 Å². The van der Waals surface area contributed by atoms with E-state index in [1.807, 2.05) is 45.0 Å². The Bertz CT molecular complexity index is 613. The summed E-state index contributed by atoms with van der Waals surface area (Å²) in [4.78, 5) is 25.7. The van der Waals surface area contributed by atoms with E-state index in [-0.39, 0.29) is 18.1 Å². The second kappa shape index (κ2) is 10.8. The zero-order valence-electron chi connectivity index (χ0n) is 16.5. The van der Waals surface area contributed by atoms with E-state index < -0.39 is 0 Å². The summed E-state index contributed by atoms with van der Waals surface area (Å²) in [6.45, 7) is 8.09. The Morgan fingerprint density at radius 1 is 1.22 bits per heavy atom. The van der Waals surface area contributed by atoms with Gasteiger partial charge in [0.25, 0.3) is 0 Å². The second-order valence-corrected chi connectivity index (χ2v) is 6.88. The van der Waals surface area contributed by atoms with Gasteiger partial charge in [0.05, 0.1) is 18.4 Å². The van der Waals surface area contributed by atoms with Crippen molar-refractivity contribution in [1.29, 1.82) is 0 Å². The van der Waals surface area contributed by atoms with Crippen LogP contribution < -0.4 is 15.4 Å². The second-order valence-electron chi connectivity index (χ2n) is 6.88. The Labute approximate surface area is 161 Å². The maximum absolute atomic E-state index is 12.2. The van der Waals surface area contributed by atoms with E-state index >= 15 is 0 Å². The normalized spacial score (nSPS) is 14.9. The van der Waals surface area contributed by atoms with Gasteiger partial charge in [-0.3, -0.25) is 4.79 Å². The highest BCUT2D eigenvalue weighted by Gasteiger charge is 2.23. The van der Waals surface area contributed by atoms with Gasteiger partial charge in [0.1, 0.15) is 5.75 Å². The molecule has 2 N–H and O–H groups in total. The highest BCUT2D eigenvalue weighted by Crippen LogP contribution is 2.24. The van der Waals surface area contributed by atoms with E-state index in [1.54, 1.807) is 4.90 Å². The number of carbonyl (C=O) groups is 2. The number of carbonyl (C=O) groups excluding carboxylic acids is 2. The fourth-order valence-corrected chi connectivity index (χ4v) is 3.01. The van der Waals surface area contributed by atoms with E-state index in [9.17, 15) is 9.59 Å². The number of ether oxygens (including phenoxy) is 2. The summed E-state index contributed by atoms with van der Waals surface area (Å²) in [5.41, 5.74) is 0.693. The van der Waals surface area contributed by atoms with Crippen LogP contribution in [0.25, 0.3) is 0 Å². The molecule has 1 heterocycles. The lowest BCUT2D eigenvalue weighted by Crippen LogP contribution is -2.45. The first kappa shape index (κ1) is 21.0. The summed E-state index contributed by atoms with van der Waals surface area (Å²) in [5, 5.41) is 6.32. The number of nitrogens with one attached hydrogen (secondary N) is 2. The van der Waals surface area contributed by atoms with Crippen molar-refractivity contribution in [3.8, 4) is 5.75 Å². The summed E-state index contributed by atoms with van der Waals surface area (Å²) < 4.78 is 10.7. The first-order chi connectivity index (χ1) is 13.0. The molecule has 2 amide bonds. The number of benzene rings is 1. The molecule has 0 radical (unpaired) electrons. The van der Waals surface area contributed by atoms with Crippen molar-refractivity contribution < 1.29 is 19.1 Å². The first-order valence-electron chi connectivity index (χ1n) is 9.70. The summed E-state index contributed by atoms with van der Waals surface area (Å²) in [7, 11) is 0. The van der Waals surface area contributed by atoms with Gasteiger partial charge in [-0.2, -0.15) is 0 Å². The zero-order chi connectivity index (χ0) is 19.6. The molecule has 0 saturated carbocycles.